The average Bonchev–Trinajstić information content (AvgIpc) is 2.04. The Morgan fingerprint density at radius 2 is 1.81 bits per heavy atom. The van der Waals surface area contributed by atoms with E-state index in [0.717, 1.165) is 12.1 Å². The van der Waals surface area contributed by atoms with E-state index < -0.39 is 31.6 Å². The molecule has 1 aromatic carbocycles. The third-order valence-electron chi connectivity index (χ3n) is 1.71. The van der Waals surface area contributed by atoms with Crippen molar-refractivity contribution in [3.63, 3.8) is 0 Å². The summed E-state index contributed by atoms with van der Waals surface area (Å²) in [6.07, 6.45) is -4.62. The van der Waals surface area contributed by atoms with Crippen LogP contribution in [0.2, 0.25) is 5.02 Å². The standard InChI is InChI=1S/C8H5Cl2F3O2S/c9-7-5(4-16(10,14)15)2-1-3-6(7)8(11,12)13/h1-3H,4H2. The SMILES string of the molecule is O=S(=O)(Cl)Cc1cccc(C(F)(F)F)c1Cl. The van der Waals surface area contributed by atoms with E-state index in [-0.39, 0.29) is 5.56 Å². The molecule has 0 spiro atoms. The monoisotopic (exact) mass is 292 g/mol. The summed E-state index contributed by atoms with van der Waals surface area (Å²) in [5.74, 6) is -0.739. The summed E-state index contributed by atoms with van der Waals surface area (Å²) < 4.78 is 58.7. The summed E-state index contributed by atoms with van der Waals surface area (Å²) in [5, 5.41) is -0.640. The van der Waals surface area contributed by atoms with Crippen LogP contribution in [0.1, 0.15) is 11.1 Å². The van der Waals surface area contributed by atoms with Gasteiger partial charge in [-0.1, -0.05) is 23.7 Å². The Morgan fingerprint density at radius 1 is 1.25 bits per heavy atom. The van der Waals surface area contributed by atoms with Crippen LogP contribution in [0.25, 0.3) is 0 Å². The Morgan fingerprint density at radius 3 is 2.25 bits per heavy atom. The molecule has 0 aliphatic carbocycles. The molecule has 0 radical (unpaired) electrons. The van der Waals surface area contributed by atoms with Gasteiger partial charge in [0.05, 0.1) is 16.3 Å². The maximum absolute atomic E-state index is 12.4. The predicted octanol–water partition coefficient (Wildman–Crippen LogP) is 3.43. The van der Waals surface area contributed by atoms with E-state index in [2.05, 4.69) is 0 Å². The smallest absolute Gasteiger partial charge is 0.212 e. The van der Waals surface area contributed by atoms with Crippen molar-refractivity contribution in [1.82, 2.24) is 0 Å². The lowest BCUT2D eigenvalue weighted by molar-refractivity contribution is -0.137. The first-order valence-corrected chi connectivity index (χ1v) is 6.74. The molecule has 0 aromatic heterocycles. The Balaban J connectivity index is 3.25. The number of halogens is 5. The molecule has 0 heterocycles. The van der Waals surface area contributed by atoms with Gasteiger partial charge in [-0.05, 0) is 11.6 Å². The van der Waals surface area contributed by atoms with Gasteiger partial charge in [0.25, 0.3) is 0 Å². The van der Waals surface area contributed by atoms with E-state index in [1.165, 1.54) is 6.07 Å². The highest BCUT2D eigenvalue weighted by Crippen LogP contribution is 2.36. The van der Waals surface area contributed by atoms with Crippen molar-refractivity contribution in [3.8, 4) is 0 Å². The molecule has 0 saturated heterocycles. The van der Waals surface area contributed by atoms with E-state index in [1.54, 1.807) is 0 Å². The lowest BCUT2D eigenvalue weighted by atomic mass is 10.1. The second-order valence-corrected chi connectivity index (χ2v) is 6.11. The number of rotatable bonds is 2. The van der Waals surface area contributed by atoms with Crippen LogP contribution in [0, 0.1) is 0 Å². The van der Waals surface area contributed by atoms with E-state index in [4.69, 9.17) is 22.3 Å². The van der Waals surface area contributed by atoms with Crippen molar-refractivity contribution < 1.29 is 21.6 Å². The van der Waals surface area contributed by atoms with Gasteiger partial charge in [0.15, 0.2) is 0 Å². The third kappa shape index (κ3) is 3.54. The first kappa shape index (κ1) is 13.6. The van der Waals surface area contributed by atoms with Crippen LogP contribution in [-0.2, 0) is 21.0 Å². The summed E-state index contributed by atoms with van der Waals surface area (Å²) in [7, 11) is 0.997. The molecule has 0 amide bonds. The van der Waals surface area contributed by atoms with Crippen LogP contribution in [0.3, 0.4) is 0 Å². The molecule has 0 aliphatic heterocycles. The van der Waals surface area contributed by atoms with Gasteiger partial charge in [-0.25, -0.2) is 8.42 Å². The maximum atomic E-state index is 12.4. The highest BCUT2D eigenvalue weighted by molar-refractivity contribution is 8.13. The minimum atomic E-state index is -4.62. The minimum absolute atomic E-state index is 0.175. The van der Waals surface area contributed by atoms with E-state index in [0.29, 0.717) is 0 Å². The summed E-state index contributed by atoms with van der Waals surface area (Å²) in [5.41, 5.74) is -1.25. The molecule has 0 saturated carbocycles. The van der Waals surface area contributed by atoms with Crippen LogP contribution >= 0.6 is 22.3 Å². The molecule has 0 unspecified atom stereocenters. The lowest BCUT2D eigenvalue weighted by Crippen LogP contribution is -2.08. The fourth-order valence-corrected chi connectivity index (χ4v) is 2.44. The summed E-state index contributed by atoms with van der Waals surface area (Å²) in [6.45, 7) is 0. The highest BCUT2D eigenvalue weighted by Gasteiger charge is 2.34. The molecule has 1 aromatic rings. The molecule has 16 heavy (non-hydrogen) atoms. The normalized spacial score (nSPS) is 12.8. The van der Waals surface area contributed by atoms with Crippen molar-refractivity contribution in [2.45, 2.75) is 11.9 Å². The Bertz CT molecular complexity index is 496. The lowest BCUT2D eigenvalue weighted by Gasteiger charge is -2.11. The predicted molar refractivity (Wildman–Crippen MR) is 54.9 cm³/mol. The summed E-state index contributed by atoms with van der Waals surface area (Å²) in [4.78, 5) is 0. The number of alkyl halides is 3. The fraction of sp³-hybridized carbons (Fsp3) is 0.250. The third-order valence-corrected chi connectivity index (χ3v) is 3.14. The quantitative estimate of drug-likeness (QED) is 0.783. The van der Waals surface area contributed by atoms with Gasteiger partial charge in [0, 0.05) is 10.7 Å². The van der Waals surface area contributed by atoms with Crippen LogP contribution in [-0.4, -0.2) is 8.42 Å². The average molecular weight is 293 g/mol. The molecule has 8 heteroatoms. The number of hydrogen-bond acceptors (Lipinski definition) is 2. The van der Waals surface area contributed by atoms with Gasteiger partial charge < -0.3 is 0 Å². The first-order chi connectivity index (χ1) is 7.11. The van der Waals surface area contributed by atoms with Crippen LogP contribution < -0.4 is 0 Å². The van der Waals surface area contributed by atoms with Gasteiger partial charge in [-0.2, -0.15) is 13.2 Å². The highest BCUT2D eigenvalue weighted by atomic mass is 35.7. The largest absolute Gasteiger partial charge is 0.417 e. The van der Waals surface area contributed by atoms with Crippen LogP contribution in [0.15, 0.2) is 18.2 Å². The second kappa shape index (κ2) is 4.43. The Hall–Kier alpha value is -0.460. The Labute approximate surface area is 99.4 Å². The van der Waals surface area contributed by atoms with Gasteiger partial charge >= 0.3 is 6.18 Å². The van der Waals surface area contributed by atoms with Gasteiger partial charge in [-0.3, -0.25) is 0 Å². The van der Waals surface area contributed by atoms with E-state index >= 15 is 0 Å². The topological polar surface area (TPSA) is 34.1 Å². The van der Waals surface area contributed by atoms with E-state index in [1.807, 2.05) is 0 Å². The molecule has 0 fully saturated rings. The zero-order valence-corrected chi connectivity index (χ0v) is 9.88. The maximum Gasteiger partial charge on any atom is 0.417 e. The summed E-state index contributed by atoms with van der Waals surface area (Å²) in [6, 6.07) is 3.02. The molecular formula is C8H5Cl2F3O2S. The van der Waals surface area contributed by atoms with Crippen LogP contribution in [0.4, 0.5) is 13.2 Å². The van der Waals surface area contributed by atoms with Crippen molar-refractivity contribution in [3.05, 3.63) is 34.3 Å². The molecule has 0 N–H and O–H groups in total. The number of benzene rings is 1. The molecule has 0 bridgehead atoms. The second-order valence-electron chi connectivity index (χ2n) is 2.96. The van der Waals surface area contributed by atoms with Gasteiger partial charge in [0.2, 0.25) is 9.05 Å². The first-order valence-electron chi connectivity index (χ1n) is 3.88. The van der Waals surface area contributed by atoms with E-state index in [9.17, 15) is 21.6 Å². The summed E-state index contributed by atoms with van der Waals surface area (Å²) >= 11 is 5.46. The van der Waals surface area contributed by atoms with Crippen molar-refractivity contribution >= 4 is 31.3 Å². The molecule has 2 nitrogen and oxygen atoms in total. The Kier molecular flexibility index (Phi) is 3.76. The minimum Gasteiger partial charge on any atom is -0.212 e. The van der Waals surface area contributed by atoms with Gasteiger partial charge in [0.1, 0.15) is 0 Å². The zero-order valence-electron chi connectivity index (χ0n) is 7.55. The molecule has 90 valence electrons. The molecule has 1 rings (SSSR count). The van der Waals surface area contributed by atoms with Crippen molar-refractivity contribution in [1.29, 1.82) is 0 Å². The molecule has 0 aliphatic rings. The zero-order chi connectivity index (χ0) is 12.6. The molecular weight excluding hydrogens is 288 g/mol. The fourth-order valence-electron chi connectivity index (χ4n) is 1.10. The van der Waals surface area contributed by atoms with Crippen molar-refractivity contribution in [2.24, 2.45) is 0 Å². The van der Waals surface area contributed by atoms with Crippen molar-refractivity contribution in [2.75, 3.05) is 0 Å². The number of hydrogen-bond donors (Lipinski definition) is 0. The van der Waals surface area contributed by atoms with Crippen LogP contribution in [0.5, 0.6) is 0 Å². The van der Waals surface area contributed by atoms with Gasteiger partial charge in [-0.15, -0.1) is 0 Å². The molecule has 0 atom stereocenters.